The molecule has 57 valence electrons. The zero-order chi connectivity index (χ0) is 8.27. The molecule has 0 aliphatic heterocycles. The van der Waals surface area contributed by atoms with Crippen LogP contribution in [-0.4, -0.2) is 24.3 Å². The van der Waals surface area contributed by atoms with Crippen molar-refractivity contribution in [2.24, 2.45) is 0 Å². The van der Waals surface area contributed by atoms with Crippen LogP contribution in [0, 0.1) is 0 Å². The van der Waals surface area contributed by atoms with E-state index in [-0.39, 0.29) is 0 Å². The molecule has 0 saturated carbocycles. The van der Waals surface area contributed by atoms with Gasteiger partial charge < -0.3 is 4.90 Å². The zero-order valence-electron chi connectivity index (χ0n) is 6.96. The van der Waals surface area contributed by atoms with Crippen molar-refractivity contribution in [1.82, 2.24) is 0 Å². The van der Waals surface area contributed by atoms with Crippen LogP contribution in [0.2, 0.25) is 0 Å². The number of rotatable bonds is 2. The second-order valence-electron chi connectivity index (χ2n) is 2.74. The first kappa shape index (κ1) is 8.33. The molecule has 0 bridgehead atoms. The third kappa shape index (κ3) is 2.08. The van der Waals surface area contributed by atoms with E-state index < -0.39 is 0 Å². The molecule has 2 heteroatoms. The van der Waals surface area contributed by atoms with Gasteiger partial charge in [0.15, 0.2) is 0 Å². The maximum Gasteiger partial charge on any atom is 0.0363 e. The molecule has 0 fully saturated rings. The molecule has 0 N–H and O–H groups in total. The van der Waals surface area contributed by atoms with Crippen molar-refractivity contribution in [3.63, 3.8) is 0 Å². The van der Waals surface area contributed by atoms with Crippen LogP contribution in [0.25, 0.3) is 0 Å². The van der Waals surface area contributed by atoms with Crippen LogP contribution in [0.3, 0.4) is 0 Å². The number of hydrogen-bond donors (Lipinski definition) is 0. The summed E-state index contributed by atoms with van der Waals surface area (Å²) < 4.78 is 0. The van der Waals surface area contributed by atoms with E-state index in [4.69, 9.17) is 0 Å². The second-order valence-corrected chi connectivity index (χ2v) is 3.09. The number of anilines is 1. The molecule has 0 amide bonds. The molecule has 0 aliphatic carbocycles. The average molecular weight is 162 g/mol. The van der Waals surface area contributed by atoms with Gasteiger partial charge in [0, 0.05) is 30.0 Å². The summed E-state index contributed by atoms with van der Waals surface area (Å²) in [5, 5.41) is 0. The highest BCUT2D eigenvalue weighted by Crippen LogP contribution is 2.12. The Kier molecular flexibility index (Phi) is 2.71. The van der Waals surface area contributed by atoms with Gasteiger partial charge in [0.25, 0.3) is 0 Å². The van der Waals surface area contributed by atoms with E-state index in [1.54, 1.807) is 0 Å². The van der Waals surface area contributed by atoms with Gasteiger partial charge in [0.05, 0.1) is 0 Å². The van der Waals surface area contributed by atoms with Crippen LogP contribution in [0.5, 0.6) is 0 Å². The summed E-state index contributed by atoms with van der Waals surface area (Å²) in [7, 11) is 7.57. The minimum Gasteiger partial charge on any atom is -0.378 e. The van der Waals surface area contributed by atoms with Crippen molar-refractivity contribution in [3.8, 4) is 0 Å². The van der Waals surface area contributed by atoms with Gasteiger partial charge in [-0.3, -0.25) is 0 Å². The van der Waals surface area contributed by atoms with Gasteiger partial charge in [-0.1, -0.05) is 12.1 Å². The Morgan fingerprint density at radius 3 is 2.64 bits per heavy atom. The Hall–Kier alpha value is -0.763. The van der Waals surface area contributed by atoms with Crippen LogP contribution in [0.15, 0.2) is 24.3 Å². The molecule has 0 saturated heterocycles. The Morgan fingerprint density at radius 2 is 2.09 bits per heavy atom. The summed E-state index contributed by atoms with van der Waals surface area (Å²) in [6.07, 6.45) is 0. The van der Waals surface area contributed by atoms with Crippen LogP contribution in [0.1, 0.15) is 5.56 Å². The Balaban J connectivity index is 2.91. The van der Waals surface area contributed by atoms with Crippen molar-refractivity contribution < 1.29 is 0 Å². The second kappa shape index (κ2) is 3.58. The number of nitrogens with zero attached hydrogens (tertiary/aromatic N) is 1. The molecule has 0 atom stereocenters. The lowest BCUT2D eigenvalue weighted by Crippen LogP contribution is -2.08. The molecule has 1 aromatic carbocycles. The molecule has 0 unspecified atom stereocenters. The Morgan fingerprint density at radius 1 is 1.36 bits per heavy atom. The highest BCUT2D eigenvalue weighted by molar-refractivity contribution is 6.08. The van der Waals surface area contributed by atoms with Crippen molar-refractivity contribution in [2.45, 2.75) is 6.04 Å². The molecule has 0 heterocycles. The molecule has 3 radical (unpaired) electrons. The van der Waals surface area contributed by atoms with E-state index in [0.29, 0.717) is 0 Å². The molecule has 11 heavy (non-hydrogen) atoms. The van der Waals surface area contributed by atoms with E-state index in [0.717, 1.165) is 6.04 Å². The van der Waals surface area contributed by atoms with Gasteiger partial charge in [-0.05, 0) is 23.7 Å². The first-order valence-electron chi connectivity index (χ1n) is 3.65. The standard InChI is InChI=1S/C9H12NSi/c1-10(2)9-5-3-4-8(6-9)7-11/h3-6H,7H2,1-2H3. The van der Waals surface area contributed by atoms with Crippen molar-refractivity contribution in [3.05, 3.63) is 29.8 Å². The predicted molar refractivity (Wildman–Crippen MR) is 50.2 cm³/mol. The van der Waals surface area contributed by atoms with Crippen LogP contribution < -0.4 is 4.90 Å². The monoisotopic (exact) mass is 162 g/mol. The maximum atomic E-state index is 3.47. The lowest BCUT2D eigenvalue weighted by Gasteiger charge is -2.12. The zero-order valence-corrected chi connectivity index (χ0v) is 7.96. The van der Waals surface area contributed by atoms with Crippen LogP contribution in [-0.2, 0) is 6.04 Å². The first-order valence-corrected chi connectivity index (χ1v) is 4.35. The van der Waals surface area contributed by atoms with Crippen molar-refractivity contribution in [1.29, 1.82) is 0 Å². The van der Waals surface area contributed by atoms with E-state index in [1.165, 1.54) is 11.3 Å². The smallest absolute Gasteiger partial charge is 0.0363 e. The van der Waals surface area contributed by atoms with Gasteiger partial charge in [-0.15, -0.1) is 0 Å². The van der Waals surface area contributed by atoms with Crippen molar-refractivity contribution >= 4 is 15.9 Å². The van der Waals surface area contributed by atoms with Gasteiger partial charge in [0.1, 0.15) is 0 Å². The van der Waals surface area contributed by atoms with Crippen molar-refractivity contribution in [2.75, 3.05) is 19.0 Å². The minimum atomic E-state index is 0.918. The summed E-state index contributed by atoms with van der Waals surface area (Å²) in [6.45, 7) is 0. The third-order valence-electron chi connectivity index (χ3n) is 1.63. The largest absolute Gasteiger partial charge is 0.378 e. The minimum absolute atomic E-state index is 0.918. The lowest BCUT2D eigenvalue weighted by molar-refractivity contribution is 1.13. The third-order valence-corrected chi connectivity index (χ3v) is 2.04. The number of benzene rings is 1. The van der Waals surface area contributed by atoms with E-state index in [2.05, 4.69) is 39.4 Å². The topological polar surface area (TPSA) is 3.24 Å². The number of hydrogen-bond acceptors (Lipinski definition) is 1. The van der Waals surface area contributed by atoms with Gasteiger partial charge in [-0.2, -0.15) is 0 Å². The van der Waals surface area contributed by atoms with E-state index >= 15 is 0 Å². The highest BCUT2D eigenvalue weighted by Gasteiger charge is 1.94. The van der Waals surface area contributed by atoms with E-state index in [1.807, 2.05) is 14.1 Å². The molecule has 1 nitrogen and oxygen atoms in total. The summed E-state index contributed by atoms with van der Waals surface area (Å²) in [4.78, 5) is 2.10. The molecule has 0 aliphatic rings. The Bertz CT molecular complexity index is 233. The quantitative estimate of drug-likeness (QED) is 0.595. The van der Waals surface area contributed by atoms with Gasteiger partial charge in [-0.25, -0.2) is 0 Å². The lowest BCUT2D eigenvalue weighted by atomic mass is 10.2. The first-order chi connectivity index (χ1) is 5.24. The van der Waals surface area contributed by atoms with E-state index in [9.17, 15) is 0 Å². The SMILES string of the molecule is CN(C)c1cccc(C[Si])c1. The maximum absolute atomic E-state index is 3.47. The molecule has 0 aromatic heterocycles. The van der Waals surface area contributed by atoms with Crippen LogP contribution >= 0.6 is 0 Å². The summed E-state index contributed by atoms with van der Waals surface area (Å²) >= 11 is 0. The fourth-order valence-corrected chi connectivity index (χ4v) is 1.16. The summed E-state index contributed by atoms with van der Waals surface area (Å²) in [6, 6.07) is 9.38. The van der Waals surface area contributed by atoms with Gasteiger partial charge in [0.2, 0.25) is 0 Å². The molecular weight excluding hydrogens is 150 g/mol. The summed E-state index contributed by atoms with van der Waals surface area (Å²) in [5.41, 5.74) is 2.56. The molecule has 0 spiro atoms. The molecule has 1 rings (SSSR count). The fraction of sp³-hybridized carbons (Fsp3) is 0.333. The predicted octanol–water partition coefficient (Wildman–Crippen LogP) is 1.42. The summed E-state index contributed by atoms with van der Waals surface area (Å²) in [5.74, 6) is 0. The van der Waals surface area contributed by atoms with Gasteiger partial charge >= 0.3 is 0 Å². The normalized spacial score (nSPS) is 9.73. The molecule has 1 aromatic rings. The molecular formula is C9H12NSi. The Labute approximate surface area is 71.5 Å². The highest BCUT2D eigenvalue weighted by atomic mass is 28.1. The average Bonchev–Trinajstić information content (AvgIpc) is 2.05. The van der Waals surface area contributed by atoms with Crippen LogP contribution in [0.4, 0.5) is 5.69 Å². The fourth-order valence-electron chi connectivity index (χ4n) is 0.945.